The molecular weight excluding hydrogens is 328 g/mol. The summed E-state index contributed by atoms with van der Waals surface area (Å²) >= 11 is 0. The minimum absolute atomic E-state index is 0.159. The van der Waals surface area contributed by atoms with Crippen LogP contribution in [0.2, 0.25) is 0 Å². The third kappa shape index (κ3) is 3.37. The fourth-order valence-electron chi connectivity index (χ4n) is 2.69. The zero-order valence-electron chi connectivity index (χ0n) is 12.1. The van der Waals surface area contributed by atoms with Crippen LogP contribution in [0.5, 0.6) is 0 Å². The van der Waals surface area contributed by atoms with Crippen molar-refractivity contribution in [2.24, 2.45) is 0 Å². The zero-order valence-corrected chi connectivity index (χ0v) is 12.9. The molecule has 1 N–H and O–H groups in total. The number of nitrogens with zero attached hydrogens (tertiary/aromatic N) is 4. The number of sulfonamides is 1. The minimum atomic E-state index is -4.12. The fraction of sp³-hybridized carbons (Fsp3) is 0.462. The lowest BCUT2D eigenvalue weighted by Gasteiger charge is -2.12. The third-order valence-corrected chi connectivity index (χ3v) is 5.27. The van der Waals surface area contributed by atoms with E-state index in [1.165, 1.54) is 0 Å². The molecule has 124 valence electrons. The molecule has 2 aromatic rings. The van der Waals surface area contributed by atoms with Crippen molar-refractivity contribution in [3.63, 3.8) is 0 Å². The number of halogens is 2. The Bertz CT molecular complexity index is 802. The van der Waals surface area contributed by atoms with Gasteiger partial charge in [0.1, 0.15) is 16.5 Å². The Morgan fingerprint density at radius 1 is 1.26 bits per heavy atom. The van der Waals surface area contributed by atoms with Crippen LogP contribution in [-0.4, -0.2) is 28.6 Å². The van der Waals surface area contributed by atoms with E-state index in [0.717, 1.165) is 37.8 Å². The summed E-state index contributed by atoms with van der Waals surface area (Å²) in [5.74, 6) is -1.62. The van der Waals surface area contributed by atoms with E-state index < -0.39 is 26.6 Å². The van der Waals surface area contributed by atoms with Gasteiger partial charge in [0.25, 0.3) is 0 Å². The van der Waals surface area contributed by atoms with Gasteiger partial charge in [-0.1, -0.05) is 12.8 Å². The number of rotatable bonds is 5. The molecule has 10 heteroatoms. The van der Waals surface area contributed by atoms with Gasteiger partial charge in [-0.15, -0.1) is 5.10 Å². The Morgan fingerprint density at radius 3 is 2.70 bits per heavy atom. The average molecular weight is 343 g/mol. The normalized spacial score (nSPS) is 16.1. The summed E-state index contributed by atoms with van der Waals surface area (Å²) in [6.45, 7) is -0.164. The van der Waals surface area contributed by atoms with Crippen LogP contribution < -0.4 is 4.72 Å². The lowest BCUT2D eigenvalue weighted by Crippen LogP contribution is -2.26. The molecule has 0 aliphatic heterocycles. The number of hydrogen-bond donors (Lipinski definition) is 1. The molecule has 23 heavy (non-hydrogen) atoms. The molecule has 0 saturated heterocycles. The van der Waals surface area contributed by atoms with Gasteiger partial charge >= 0.3 is 0 Å². The van der Waals surface area contributed by atoms with Crippen molar-refractivity contribution < 1.29 is 17.2 Å². The third-order valence-electron chi connectivity index (χ3n) is 3.84. The second-order valence-corrected chi connectivity index (χ2v) is 7.11. The maximum Gasteiger partial charge on any atom is 0.243 e. The van der Waals surface area contributed by atoms with Gasteiger partial charge < -0.3 is 0 Å². The first-order valence-electron chi connectivity index (χ1n) is 7.19. The van der Waals surface area contributed by atoms with Crippen LogP contribution >= 0.6 is 0 Å². The van der Waals surface area contributed by atoms with Crippen molar-refractivity contribution in [1.82, 2.24) is 24.9 Å². The van der Waals surface area contributed by atoms with Crippen molar-refractivity contribution in [3.05, 3.63) is 35.7 Å². The monoisotopic (exact) mass is 343 g/mol. The van der Waals surface area contributed by atoms with Crippen molar-refractivity contribution in [1.29, 1.82) is 0 Å². The standard InChI is InChI=1S/C13H15F2N5O2S/c14-9-5-6-12(11(15)7-9)23(21,22)16-8-13-17-18-19-20(13)10-3-1-2-4-10/h5-7,10,16H,1-4,8H2. The van der Waals surface area contributed by atoms with Gasteiger partial charge in [-0.25, -0.2) is 26.6 Å². The number of hydrogen-bond acceptors (Lipinski definition) is 5. The predicted octanol–water partition coefficient (Wildman–Crippen LogP) is 1.54. The molecular formula is C13H15F2N5O2S. The Labute approximate surface area is 131 Å². The first-order valence-corrected chi connectivity index (χ1v) is 8.67. The maximum absolute atomic E-state index is 13.6. The predicted molar refractivity (Wildman–Crippen MR) is 75.7 cm³/mol. The molecule has 0 radical (unpaired) electrons. The summed E-state index contributed by atoms with van der Waals surface area (Å²) in [4.78, 5) is -0.612. The number of aromatic nitrogens is 4. The van der Waals surface area contributed by atoms with Gasteiger partial charge in [0.2, 0.25) is 10.0 Å². The summed E-state index contributed by atoms with van der Waals surface area (Å²) in [6, 6.07) is 2.46. The van der Waals surface area contributed by atoms with Crippen molar-refractivity contribution in [3.8, 4) is 0 Å². The van der Waals surface area contributed by atoms with Gasteiger partial charge in [-0.05, 0) is 35.4 Å². The van der Waals surface area contributed by atoms with E-state index in [-0.39, 0.29) is 12.6 Å². The molecule has 0 unspecified atom stereocenters. The van der Waals surface area contributed by atoms with E-state index in [9.17, 15) is 17.2 Å². The molecule has 3 rings (SSSR count). The summed E-state index contributed by atoms with van der Waals surface area (Å²) in [6.07, 6.45) is 4.04. The van der Waals surface area contributed by atoms with Crippen molar-refractivity contribution in [2.75, 3.05) is 0 Å². The highest BCUT2D eigenvalue weighted by Crippen LogP contribution is 2.29. The summed E-state index contributed by atoms with van der Waals surface area (Å²) in [7, 11) is -4.12. The molecule has 0 bridgehead atoms. The molecule has 1 aromatic heterocycles. The Morgan fingerprint density at radius 2 is 2.00 bits per heavy atom. The van der Waals surface area contributed by atoms with Crippen LogP contribution in [0.15, 0.2) is 23.1 Å². The fourth-order valence-corrected chi connectivity index (χ4v) is 3.73. The Hall–Kier alpha value is -1.94. The Kier molecular flexibility index (Phi) is 4.35. The van der Waals surface area contributed by atoms with Gasteiger partial charge in [-0.3, -0.25) is 0 Å². The largest absolute Gasteiger partial charge is 0.243 e. The zero-order chi connectivity index (χ0) is 16.4. The van der Waals surface area contributed by atoms with E-state index in [4.69, 9.17) is 0 Å². The highest BCUT2D eigenvalue weighted by atomic mass is 32.2. The molecule has 1 aliphatic rings. The van der Waals surface area contributed by atoms with Gasteiger partial charge in [0.05, 0.1) is 12.6 Å². The van der Waals surface area contributed by atoms with E-state index in [0.29, 0.717) is 11.9 Å². The van der Waals surface area contributed by atoms with E-state index >= 15 is 0 Å². The van der Waals surface area contributed by atoms with Crippen LogP contribution in [0.1, 0.15) is 37.5 Å². The molecule has 0 amide bonds. The average Bonchev–Trinajstić information content (AvgIpc) is 3.15. The number of tetrazole rings is 1. The van der Waals surface area contributed by atoms with E-state index in [1.807, 2.05) is 0 Å². The second-order valence-electron chi connectivity index (χ2n) is 5.38. The molecule has 1 fully saturated rings. The SMILES string of the molecule is O=S(=O)(NCc1nnnn1C1CCCC1)c1ccc(F)cc1F. The lowest BCUT2D eigenvalue weighted by atomic mass is 10.2. The van der Waals surface area contributed by atoms with Crippen molar-refractivity contribution >= 4 is 10.0 Å². The number of nitrogens with one attached hydrogen (secondary N) is 1. The molecule has 1 aliphatic carbocycles. The first kappa shape index (κ1) is 15.9. The Balaban J connectivity index is 1.76. The summed E-state index contributed by atoms with van der Waals surface area (Å²) in [5, 5.41) is 11.3. The highest BCUT2D eigenvalue weighted by molar-refractivity contribution is 7.89. The smallest absolute Gasteiger partial charge is 0.225 e. The quantitative estimate of drug-likeness (QED) is 0.889. The summed E-state index contributed by atoms with van der Waals surface area (Å²) in [5.41, 5.74) is 0. The summed E-state index contributed by atoms with van der Waals surface area (Å²) < 4.78 is 54.7. The maximum atomic E-state index is 13.6. The van der Waals surface area contributed by atoms with Gasteiger partial charge in [-0.2, -0.15) is 0 Å². The first-order chi connectivity index (χ1) is 11.0. The minimum Gasteiger partial charge on any atom is -0.225 e. The van der Waals surface area contributed by atoms with Crippen LogP contribution in [0.3, 0.4) is 0 Å². The highest BCUT2D eigenvalue weighted by Gasteiger charge is 2.24. The van der Waals surface area contributed by atoms with E-state index in [2.05, 4.69) is 20.2 Å². The topological polar surface area (TPSA) is 89.8 Å². The molecule has 0 spiro atoms. The van der Waals surface area contributed by atoms with Gasteiger partial charge in [0, 0.05) is 6.07 Å². The molecule has 1 aromatic carbocycles. The number of benzene rings is 1. The second kappa shape index (κ2) is 6.28. The van der Waals surface area contributed by atoms with Crippen molar-refractivity contribution in [2.45, 2.75) is 43.2 Å². The van der Waals surface area contributed by atoms with Gasteiger partial charge in [0.15, 0.2) is 5.82 Å². The molecule has 1 heterocycles. The van der Waals surface area contributed by atoms with Crippen LogP contribution in [0, 0.1) is 11.6 Å². The van der Waals surface area contributed by atoms with E-state index in [1.54, 1.807) is 4.68 Å². The van der Waals surface area contributed by atoms with Crippen LogP contribution in [0.4, 0.5) is 8.78 Å². The van der Waals surface area contributed by atoms with Crippen LogP contribution in [0.25, 0.3) is 0 Å². The molecule has 7 nitrogen and oxygen atoms in total. The molecule has 0 atom stereocenters. The van der Waals surface area contributed by atoms with Crippen LogP contribution in [-0.2, 0) is 16.6 Å². The molecule has 1 saturated carbocycles. The lowest BCUT2D eigenvalue weighted by molar-refractivity contribution is 0.435.